The third-order valence-electron chi connectivity index (χ3n) is 5.13. The summed E-state index contributed by atoms with van der Waals surface area (Å²) in [7, 11) is 3.48. The first kappa shape index (κ1) is 16.7. The lowest BCUT2D eigenvalue weighted by Crippen LogP contribution is -2.57. The number of carbonyl (C=O) groups is 2. The molecule has 4 aliphatic heterocycles. The average molecular weight is 324 g/mol. The predicted molar refractivity (Wildman–Crippen MR) is 86.0 cm³/mol. The van der Waals surface area contributed by atoms with Gasteiger partial charge in [0, 0.05) is 46.8 Å². The van der Waals surface area contributed by atoms with Gasteiger partial charge in [-0.05, 0) is 25.8 Å². The molecule has 0 saturated carbocycles. The normalized spacial score (nSPS) is 36.5. The van der Waals surface area contributed by atoms with Gasteiger partial charge < -0.3 is 15.0 Å². The van der Waals surface area contributed by atoms with Gasteiger partial charge in [-0.25, -0.2) is 0 Å². The van der Waals surface area contributed by atoms with Crippen molar-refractivity contribution in [2.24, 2.45) is 0 Å². The second kappa shape index (κ2) is 7.15. The molecular weight excluding hydrogens is 296 g/mol. The highest BCUT2D eigenvalue weighted by Gasteiger charge is 2.36. The monoisotopic (exact) mass is 324 g/mol. The Labute approximate surface area is 137 Å². The van der Waals surface area contributed by atoms with E-state index in [1.807, 2.05) is 0 Å². The van der Waals surface area contributed by atoms with Crippen LogP contribution in [0.15, 0.2) is 0 Å². The fourth-order valence-corrected chi connectivity index (χ4v) is 3.75. The summed E-state index contributed by atoms with van der Waals surface area (Å²) in [6.07, 6.45) is 2.30. The Kier molecular flexibility index (Phi) is 5.18. The minimum absolute atomic E-state index is 0.0128. The number of nitrogens with one attached hydrogen (secondary N) is 1. The molecule has 4 fully saturated rings. The maximum atomic E-state index is 12.5. The Hall–Kier alpha value is -1.18. The van der Waals surface area contributed by atoms with Crippen molar-refractivity contribution in [3.63, 3.8) is 0 Å². The zero-order chi connectivity index (χ0) is 16.4. The summed E-state index contributed by atoms with van der Waals surface area (Å²) in [6, 6.07) is -0.0353. The number of amides is 2. The number of fused-ring (bicyclic) bond motifs is 4. The predicted octanol–water partition coefficient (Wildman–Crippen LogP) is -0.872. The standard InChI is InChI=1S/C16H28N4O3/c1-18(2)16(22)14-5-4-12(23-14)10-17-15(21)13-11-19-6-3-7-20(13)9-8-19/h12-14H,3-11H2,1-2H3,(H,17,21). The molecule has 4 saturated heterocycles. The highest BCUT2D eigenvalue weighted by molar-refractivity contribution is 5.82. The Bertz CT molecular complexity index is 453. The molecule has 2 bridgehead atoms. The van der Waals surface area contributed by atoms with Crippen LogP contribution in [0.4, 0.5) is 0 Å². The molecule has 1 N–H and O–H groups in total. The van der Waals surface area contributed by atoms with Gasteiger partial charge in [-0.1, -0.05) is 0 Å². The number of ether oxygens (including phenoxy) is 1. The summed E-state index contributed by atoms with van der Waals surface area (Å²) in [5.41, 5.74) is 0. The van der Waals surface area contributed by atoms with Crippen molar-refractivity contribution in [1.82, 2.24) is 20.0 Å². The van der Waals surface area contributed by atoms with E-state index in [0.717, 1.165) is 52.0 Å². The van der Waals surface area contributed by atoms with E-state index in [1.54, 1.807) is 19.0 Å². The molecule has 130 valence electrons. The molecule has 4 rings (SSSR count). The lowest BCUT2D eigenvalue weighted by molar-refractivity contribution is -0.140. The summed E-state index contributed by atoms with van der Waals surface area (Å²) < 4.78 is 5.78. The van der Waals surface area contributed by atoms with Crippen LogP contribution in [-0.2, 0) is 14.3 Å². The molecule has 23 heavy (non-hydrogen) atoms. The van der Waals surface area contributed by atoms with Crippen LogP contribution < -0.4 is 5.32 Å². The van der Waals surface area contributed by atoms with Gasteiger partial charge in [-0.2, -0.15) is 0 Å². The molecule has 0 spiro atoms. The number of likely N-dealkylation sites (N-methyl/N-ethyl adjacent to an activating group) is 1. The first-order chi connectivity index (χ1) is 11.0. The van der Waals surface area contributed by atoms with E-state index >= 15 is 0 Å². The van der Waals surface area contributed by atoms with E-state index in [-0.39, 0.29) is 30.1 Å². The van der Waals surface area contributed by atoms with Gasteiger partial charge in [0.15, 0.2) is 0 Å². The molecule has 7 nitrogen and oxygen atoms in total. The minimum atomic E-state index is -0.351. The van der Waals surface area contributed by atoms with Crippen LogP contribution in [0, 0.1) is 0 Å². The third-order valence-corrected chi connectivity index (χ3v) is 5.13. The second-order valence-corrected chi connectivity index (χ2v) is 7.01. The van der Waals surface area contributed by atoms with Crippen LogP contribution in [0.25, 0.3) is 0 Å². The van der Waals surface area contributed by atoms with Gasteiger partial charge in [-0.3, -0.25) is 19.4 Å². The van der Waals surface area contributed by atoms with Crippen molar-refractivity contribution < 1.29 is 14.3 Å². The molecule has 5 unspecified atom stereocenters. The smallest absolute Gasteiger partial charge is 0.251 e. The first-order valence-corrected chi connectivity index (χ1v) is 8.65. The highest BCUT2D eigenvalue weighted by atomic mass is 16.5. The van der Waals surface area contributed by atoms with Crippen molar-refractivity contribution in [3.05, 3.63) is 0 Å². The van der Waals surface area contributed by atoms with Crippen LogP contribution in [-0.4, -0.2) is 98.1 Å². The molecule has 0 aromatic rings. The van der Waals surface area contributed by atoms with Crippen molar-refractivity contribution in [1.29, 1.82) is 0 Å². The van der Waals surface area contributed by atoms with Gasteiger partial charge >= 0.3 is 0 Å². The Morgan fingerprint density at radius 2 is 2.00 bits per heavy atom. The van der Waals surface area contributed by atoms with Gasteiger partial charge in [0.2, 0.25) is 5.91 Å². The molecule has 0 aromatic heterocycles. The van der Waals surface area contributed by atoms with Crippen molar-refractivity contribution in [2.75, 3.05) is 53.4 Å². The zero-order valence-electron chi connectivity index (χ0n) is 14.2. The van der Waals surface area contributed by atoms with E-state index < -0.39 is 0 Å². The van der Waals surface area contributed by atoms with Crippen molar-refractivity contribution >= 4 is 11.8 Å². The lowest BCUT2D eigenvalue weighted by atomic mass is 10.1. The number of carbonyl (C=O) groups excluding carboxylic acids is 2. The maximum Gasteiger partial charge on any atom is 0.251 e. The topological polar surface area (TPSA) is 65.1 Å². The summed E-state index contributed by atoms with van der Waals surface area (Å²) in [5, 5.41) is 3.04. The van der Waals surface area contributed by atoms with Gasteiger partial charge in [0.25, 0.3) is 5.91 Å². The van der Waals surface area contributed by atoms with Gasteiger partial charge in [0.05, 0.1) is 6.10 Å². The Morgan fingerprint density at radius 1 is 1.17 bits per heavy atom. The quantitative estimate of drug-likeness (QED) is 0.728. The van der Waals surface area contributed by atoms with Crippen molar-refractivity contribution in [3.8, 4) is 0 Å². The molecule has 5 atom stereocenters. The molecule has 0 aliphatic carbocycles. The SMILES string of the molecule is CN(C)C(=O)C1CCC(CNC(=O)C2CN3CCCN2CC3)O1. The number of hydrogen-bond acceptors (Lipinski definition) is 5. The fourth-order valence-electron chi connectivity index (χ4n) is 3.75. The maximum absolute atomic E-state index is 12.5. The second-order valence-electron chi connectivity index (χ2n) is 7.01. The summed E-state index contributed by atoms with van der Waals surface area (Å²) in [4.78, 5) is 30.7. The summed E-state index contributed by atoms with van der Waals surface area (Å²) >= 11 is 0. The zero-order valence-corrected chi connectivity index (χ0v) is 14.2. The van der Waals surface area contributed by atoms with Crippen LogP contribution in [0.2, 0.25) is 0 Å². The summed E-state index contributed by atoms with van der Waals surface area (Å²) in [5.74, 6) is 0.112. The molecule has 4 heterocycles. The van der Waals surface area contributed by atoms with E-state index in [9.17, 15) is 9.59 Å². The van der Waals surface area contributed by atoms with E-state index in [2.05, 4.69) is 15.1 Å². The largest absolute Gasteiger partial charge is 0.363 e. The molecule has 7 heteroatoms. The first-order valence-electron chi connectivity index (χ1n) is 8.65. The minimum Gasteiger partial charge on any atom is -0.363 e. The van der Waals surface area contributed by atoms with Crippen LogP contribution in [0.1, 0.15) is 19.3 Å². The Balaban J connectivity index is 1.46. The van der Waals surface area contributed by atoms with Crippen LogP contribution in [0.5, 0.6) is 0 Å². The Morgan fingerprint density at radius 3 is 2.78 bits per heavy atom. The van der Waals surface area contributed by atoms with E-state index in [4.69, 9.17) is 4.74 Å². The molecule has 0 aromatic carbocycles. The third kappa shape index (κ3) is 3.84. The molecular formula is C16H28N4O3. The number of hydrogen-bond donors (Lipinski definition) is 1. The number of rotatable bonds is 4. The molecule has 2 amide bonds. The van der Waals surface area contributed by atoms with E-state index in [0.29, 0.717) is 6.54 Å². The highest BCUT2D eigenvalue weighted by Crippen LogP contribution is 2.21. The molecule has 4 aliphatic rings. The number of piperazine rings is 1. The van der Waals surface area contributed by atoms with Gasteiger partial charge in [-0.15, -0.1) is 0 Å². The lowest BCUT2D eigenvalue weighted by Gasteiger charge is -2.36. The number of nitrogens with zero attached hydrogens (tertiary/aromatic N) is 3. The molecule has 0 radical (unpaired) electrons. The van der Waals surface area contributed by atoms with E-state index in [1.165, 1.54) is 0 Å². The van der Waals surface area contributed by atoms with Crippen LogP contribution >= 0.6 is 0 Å². The summed E-state index contributed by atoms with van der Waals surface area (Å²) in [6.45, 7) is 5.50. The van der Waals surface area contributed by atoms with Crippen molar-refractivity contribution in [2.45, 2.75) is 37.5 Å². The average Bonchev–Trinajstić information content (AvgIpc) is 2.77. The fraction of sp³-hybridized carbons (Fsp3) is 0.875. The van der Waals surface area contributed by atoms with Gasteiger partial charge in [0.1, 0.15) is 12.1 Å². The van der Waals surface area contributed by atoms with Crippen LogP contribution in [0.3, 0.4) is 0 Å².